The molecule has 10 heteroatoms. The maximum atomic E-state index is 11.9. The lowest BCUT2D eigenvalue weighted by atomic mass is 10.3. The van der Waals surface area contributed by atoms with Crippen molar-refractivity contribution in [3.05, 3.63) is 34.4 Å². The van der Waals surface area contributed by atoms with Crippen molar-refractivity contribution in [1.29, 1.82) is 0 Å². The van der Waals surface area contributed by atoms with Crippen LogP contribution in [-0.4, -0.2) is 33.3 Å². The van der Waals surface area contributed by atoms with Gasteiger partial charge in [-0.05, 0) is 18.6 Å². The average Bonchev–Trinajstić information content (AvgIpc) is 3.02. The normalized spacial score (nSPS) is 10.4. The zero-order valence-electron chi connectivity index (χ0n) is 13.0. The van der Waals surface area contributed by atoms with Crippen LogP contribution in [0.2, 0.25) is 0 Å². The van der Waals surface area contributed by atoms with E-state index in [1.165, 1.54) is 47.4 Å². The summed E-state index contributed by atoms with van der Waals surface area (Å²) in [4.78, 5) is 22.0. The number of thioether (sulfide) groups is 1. The van der Waals surface area contributed by atoms with E-state index in [9.17, 15) is 14.9 Å². The van der Waals surface area contributed by atoms with Crippen LogP contribution in [0.3, 0.4) is 0 Å². The molecular formula is C14H17N5O3S2. The molecule has 2 aromatic rings. The van der Waals surface area contributed by atoms with Crippen LogP contribution in [0.1, 0.15) is 19.8 Å². The highest BCUT2D eigenvalue weighted by Gasteiger charge is 2.09. The highest BCUT2D eigenvalue weighted by Crippen LogP contribution is 2.25. The van der Waals surface area contributed by atoms with Gasteiger partial charge in [0.1, 0.15) is 0 Å². The monoisotopic (exact) mass is 367 g/mol. The van der Waals surface area contributed by atoms with Gasteiger partial charge in [0.2, 0.25) is 11.0 Å². The van der Waals surface area contributed by atoms with Crippen LogP contribution >= 0.6 is 23.1 Å². The molecule has 0 aliphatic heterocycles. The Morgan fingerprint density at radius 1 is 1.33 bits per heavy atom. The largest absolute Gasteiger partial charge is 0.360 e. The van der Waals surface area contributed by atoms with Crippen LogP contribution in [-0.2, 0) is 4.79 Å². The Morgan fingerprint density at radius 2 is 2.08 bits per heavy atom. The van der Waals surface area contributed by atoms with E-state index in [1.807, 2.05) is 0 Å². The fourth-order valence-corrected chi connectivity index (χ4v) is 3.28. The molecule has 1 aromatic carbocycles. The molecule has 0 saturated heterocycles. The Balaban J connectivity index is 1.77. The minimum atomic E-state index is -0.483. The van der Waals surface area contributed by atoms with Crippen LogP contribution in [0.25, 0.3) is 0 Å². The summed E-state index contributed by atoms with van der Waals surface area (Å²) in [6.45, 7) is 2.98. The van der Waals surface area contributed by atoms with Gasteiger partial charge in [-0.15, -0.1) is 10.2 Å². The summed E-state index contributed by atoms with van der Waals surface area (Å²) in [5, 5.41) is 25.2. The van der Waals surface area contributed by atoms with Crippen molar-refractivity contribution >= 4 is 45.5 Å². The highest BCUT2D eigenvalue weighted by atomic mass is 32.2. The number of aromatic nitrogens is 2. The van der Waals surface area contributed by atoms with E-state index in [2.05, 4.69) is 27.8 Å². The summed E-state index contributed by atoms with van der Waals surface area (Å²) in [6, 6.07) is 5.70. The summed E-state index contributed by atoms with van der Waals surface area (Å²) < 4.78 is 0.716. The van der Waals surface area contributed by atoms with E-state index >= 15 is 0 Å². The number of rotatable bonds is 9. The molecule has 0 unspecified atom stereocenters. The van der Waals surface area contributed by atoms with E-state index in [0.29, 0.717) is 10.0 Å². The molecule has 1 heterocycles. The number of hydrogen-bond acceptors (Lipinski definition) is 8. The van der Waals surface area contributed by atoms with Gasteiger partial charge in [-0.3, -0.25) is 14.9 Å². The van der Waals surface area contributed by atoms with E-state index in [4.69, 9.17) is 0 Å². The van der Waals surface area contributed by atoms with Gasteiger partial charge in [0.25, 0.3) is 5.69 Å². The molecule has 24 heavy (non-hydrogen) atoms. The van der Waals surface area contributed by atoms with Crippen LogP contribution in [0, 0.1) is 10.1 Å². The zero-order valence-corrected chi connectivity index (χ0v) is 14.7. The number of carbonyl (C=O) groups excluding carboxylic acids is 1. The van der Waals surface area contributed by atoms with Crippen LogP contribution in [0.4, 0.5) is 16.5 Å². The van der Waals surface area contributed by atoms with E-state index < -0.39 is 4.92 Å². The molecular weight excluding hydrogens is 350 g/mol. The first-order valence-corrected chi connectivity index (χ1v) is 9.13. The van der Waals surface area contributed by atoms with Gasteiger partial charge in [0, 0.05) is 24.4 Å². The van der Waals surface area contributed by atoms with Gasteiger partial charge in [-0.1, -0.05) is 36.4 Å². The third kappa shape index (κ3) is 5.78. The first-order chi connectivity index (χ1) is 11.6. The number of nitro benzene ring substituents is 1. The first-order valence-electron chi connectivity index (χ1n) is 7.33. The summed E-state index contributed by atoms with van der Waals surface area (Å²) in [7, 11) is 0. The maximum absolute atomic E-state index is 11.9. The van der Waals surface area contributed by atoms with Crippen molar-refractivity contribution < 1.29 is 9.72 Å². The third-order valence-electron chi connectivity index (χ3n) is 2.90. The topological polar surface area (TPSA) is 110 Å². The van der Waals surface area contributed by atoms with Gasteiger partial charge in [0.05, 0.1) is 10.7 Å². The van der Waals surface area contributed by atoms with Crippen molar-refractivity contribution in [2.45, 2.75) is 24.1 Å². The second-order valence-electron chi connectivity index (χ2n) is 4.79. The van der Waals surface area contributed by atoms with Crippen molar-refractivity contribution in [2.75, 3.05) is 22.9 Å². The van der Waals surface area contributed by atoms with Gasteiger partial charge in [0.15, 0.2) is 4.34 Å². The second-order valence-corrected chi connectivity index (χ2v) is 6.99. The van der Waals surface area contributed by atoms with Crippen molar-refractivity contribution in [3.63, 3.8) is 0 Å². The van der Waals surface area contributed by atoms with E-state index in [0.717, 1.165) is 24.5 Å². The standard InChI is InChI=1S/C14H17N5O3S2/c1-2-3-8-15-13-17-18-14(24-13)23-9-12(20)16-10-4-6-11(7-5-10)19(21)22/h4-7H,2-3,8-9H2,1H3,(H,15,17)(H,16,20). The first kappa shape index (κ1) is 18.1. The molecule has 0 atom stereocenters. The molecule has 0 fully saturated rings. The molecule has 0 spiro atoms. The molecule has 2 N–H and O–H groups in total. The molecule has 128 valence electrons. The number of benzene rings is 1. The number of nitrogens with zero attached hydrogens (tertiary/aromatic N) is 3. The van der Waals surface area contributed by atoms with Gasteiger partial charge in [-0.2, -0.15) is 0 Å². The number of non-ortho nitro benzene ring substituents is 1. The Hall–Kier alpha value is -2.20. The van der Waals surface area contributed by atoms with E-state index in [1.54, 1.807) is 0 Å². The number of nitrogens with one attached hydrogen (secondary N) is 2. The number of unbranched alkanes of at least 4 members (excludes halogenated alkanes) is 1. The highest BCUT2D eigenvalue weighted by molar-refractivity contribution is 8.01. The van der Waals surface area contributed by atoms with Crippen LogP contribution in [0.15, 0.2) is 28.6 Å². The molecule has 1 amide bonds. The van der Waals surface area contributed by atoms with Crippen molar-refractivity contribution in [2.24, 2.45) is 0 Å². The van der Waals surface area contributed by atoms with Gasteiger partial charge >= 0.3 is 0 Å². The summed E-state index contributed by atoms with van der Waals surface area (Å²) in [6.07, 6.45) is 2.18. The number of nitro groups is 1. The van der Waals surface area contributed by atoms with Gasteiger partial charge < -0.3 is 10.6 Å². The number of anilines is 2. The molecule has 2 rings (SSSR count). The Bertz CT molecular complexity index is 690. The average molecular weight is 367 g/mol. The van der Waals surface area contributed by atoms with Crippen LogP contribution < -0.4 is 10.6 Å². The Morgan fingerprint density at radius 3 is 2.75 bits per heavy atom. The minimum Gasteiger partial charge on any atom is -0.360 e. The van der Waals surface area contributed by atoms with Gasteiger partial charge in [-0.25, -0.2) is 0 Å². The lowest BCUT2D eigenvalue weighted by molar-refractivity contribution is -0.384. The number of carbonyl (C=O) groups is 1. The predicted octanol–water partition coefficient (Wildman–Crippen LogP) is 3.39. The number of amides is 1. The number of hydrogen-bond donors (Lipinski definition) is 2. The molecule has 0 radical (unpaired) electrons. The fraction of sp³-hybridized carbons (Fsp3) is 0.357. The Kier molecular flexibility index (Phi) is 6.94. The molecule has 1 aromatic heterocycles. The fourth-order valence-electron chi connectivity index (χ4n) is 1.70. The molecule has 0 bridgehead atoms. The summed E-state index contributed by atoms with van der Waals surface area (Å²) in [5.74, 6) is -0.00910. The Labute approximate surface area is 147 Å². The lowest BCUT2D eigenvalue weighted by Crippen LogP contribution is -2.13. The minimum absolute atomic E-state index is 0.0145. The quantitative estimate of drug-likeness (QED) is 0.302. The molecule has 0 saturated carbocycles. The molecule has 8 nitrogen and oxygen atoms in total. The smallest absolute Gasteiger partial charge is 0.269 e. The summed E-state index contributed by atoms with van der Waals surface area (Å²) in [5.41, 5.74) is 0.504. The zero-order chi connectivity index (χ0) is 17.4. The summed E-state index contributed by atoms with van der Waals surface area (Å²) >= 11 is 2.71. The SMILES string of the molecule is CCCCNc1nnc(SCC(=O)Nc2ccc([N+](=O)[O-])cc2)s1. The molecule has 0 aliphatic carbocycles. The third-order valence-corrected chi connectivity index (χ3v) is 4.92. The lowest BCUT2D eigenvalue weighted by Gasteiger charge is -2.03. The maximum Gasteiger partial charge on any atom is 0.269 e. The van der Waals surface area contributed by atoms with E-state index in [-0.39, 0.29) is 17.3 Å². The second kappa shape index (κ2) is 9.18. The van der Waals surface area contributed by atoms with Crippen molar-refractivity contribution in [3.8, 4) is 0 Å². The van der Waals surface area contributed by atoms with Crippen molar-refractivity contribution in [1.82, 2.24) is 10.2 Å². The van der Waals surface area contributed by atoms with Crippen LogP contribution in [0.5, 0.6) is 0 Å². The predicted molar refractivity (Wildman–Crippen MR) is 95.8 cm³/mol. The molecule has 0 aliphatic rings.